The third-order valence-electron chi connectivity index (χ3n) is 9.54. The van der Waals surface area contributed by atoms with Gasteiger partial charge in [0.2, 0.25) is 8.32 Å². The number of aromatic nitrogens is 1. The second kappa shape index (κ2) is 14.2. The van der Waals surface area contributed by atoms with Crippen LogP contribution in [0, 0.1) is 0 Å². The smallest absolute Gasteiger partial charge is 0.357 e. The van der Waals surface area contributed by atoms with Crippen molar-refractivity contribution in [3.05, 3.63) is 107 Å². The molecule has 3 atom stereocenters. The summed E-state index contributed by atoms with van der Waals surface area (Å²) in [6, 6.07) is 29.0. The van der Waals surface area contributed by atoms with Gasteiger partial charge in [0.1, 0.15) is 10.8 Å². The maximum absolute atomic E-state index is 12.2. The molecule has 244 valence electrons. The third kappa shape index (κ3) is 7.80. The number of esters is 1. The summed E-state index contributed by atoms with van der Waals surface area (Å²) in [5, 5.41) is 2.70. The monoisotopic (exact) mass is 655 g/mol. The van der Waals surface area contributed by atoms with Crippen molar-refractivity contribution in [2.24, 2.45) is 0 Å². The molecule has 0 radical (unpaired) electrons. The van der Waals surface area contributed by atoms with Gasteiger partial charge in [-0.15, -0.1) is 11.3 Å². The summed E-state index contributed by atoms with van der Waals surface area (Å²) >= 11 is 1.47. The topological polar surface area (TPSA) is 54.9 Å². The lowest BCUT2D eigenvalue weighted by atomic mass is 9.92. The van der Waals surface area contributed by atoms with Gasteiger partial charge in [-0.2, -0.15) is 0 Å². The summed E-state index contributed by atoms with van der Waals surface area (Å²) in [5.74, 6) is 0.569. The molecule has 0 aliphatic carbocycles. The van der Waals surface area contributed by atoms with Crippen LogP contribution in [0.2, 0.25) is 18.1 Å². The number of ether oxygens (including phenoxy) is 1. The van der Waals surface area contributed by atoms with Crippen LogP contribution in [-0.2, 0) is 11.3 Å². The minimum atomic E-state index is -2.01. The fraction of sp³-hybridized carbons (Fsp3) is 0.421. The molecule has 1 aromatic heterocycles. The standard InChI is InChI=1S/C38H49N3O3SSi/c1-9-43-37(42)34-26-45-36(39-34)31-20-18-30(19-21-31)35(32-16-13-17-33(22-32)44-46(7,8)38(4,5)6)41-24-27(2)40(23-28(41)3)25-29-14-11-10-12-15-29/h10-22,26-28,35H,9,23-25H2,1-8H3/t27-,28+,35-/m1/s1. The Morgan fingerprint density at radius 1 is 0.957 bits per heavy atom. The van der Waals surface area contributed by atoms with E-state index < -0.39 is 8.32 Å². The molecular formula is C38H49N3O3SSi. The van der Waals surface area contributed by atoms with Crippen molar-refractivity contribution in [2.45, 2.75) is 84.3 Å². The maximum atomic E-state index is 12.2. The molecule has 1 fully saturated rings. The van der Waals surface area contributed by atoms with Gasteiger partial charge in [-0.1, -0.05) is 87.5 Å². The van der Waals surface area contributed by atoms with E-state index in [1.807, 2.05) is 0 Å². The number of benzene rings is 3. The van der Waals surface area contributed by atoms with E-state index in [0.29, 0.717) is 24.4 Å². The van der Waals surface area contributed by atoms with Gasteiger partial charge in [-0.05, 0) is 67.7 Å². The van der Waals surface area contributed by atoms with Gasteiger partial charge in [-0.25, -0.2) is 9.78 Å². The molecule has 1 saturated heterocycles. The molecule has 1 aliphatic rings. The van der Waals surface area contributed by atoms with E-state index in [9.17, 15) is 4.79 Å². The Morgan fingerprint density at radius 2 is 1.67 bits per heavy atom. The lowest BCUT2D eigenvalue weighted by Gasteiger charge is -2.48. The van der Waals surface area contributed by atoms with Crippen LogP contribution in [0.5, 0.6) is 5.75 Å². The Kier molecular flexibility index (Phi) is 10.5. The second-order valence-corrected chi connectivity index (χ2v) is 19.6. The highest BCUT2D eigenvalue weighted by Gasteiger charge is 2.39. The summed E-state index contributed by atoms with van der Waals surface area (Å²) in [7, 11) is -2.01. The van der Waals surface area contributed by atoms with E-state index in [-0.39, 0.29) is 17.0 Å². The van der Waals surface area contributed by atoms with Gasteiger partial charge < -0.3 is 9.16 Å². The van der Waals surface area contributed by atoms with Crippen molar-refractivity contribution in [3.8, 4) is 16.3 Å². The average Bonchev–Trinajstić information content (AvgIpc) is 3.51. The molecule has 2 heterocycles. The molecule has 0 saturated carbocycles. The van der Waals surface area contributed by atoms with E-state index in [1.165, 1.54) is 28.0 Å². The van der Waals surface area contributed by atoms with Crippen LogP contribution in [-0.4, -0.2) is 60.9 Å². The van der Waals surface area contributed by atoms with Gasteiger partial charge in [0, 0.05) is 42.7 Å². The predicted molar refractivity (Wildman–Crippen MR) is 192 cm³/mol. The van der Waals surface area contributed by atoms with Crippen LogP contribution in [0.3, 0.4) is 0 Å². The van der Waals surface area contributed by atoms with Crippen molar-refractivity contribution < 1.29 is 14.0 Å². The fourth-order valence-electron chi connectivity index (χ4n) is 5.91. The van der Waals surface area contributed by atoms with Crippen LogP contribution in [0.15, 0.2) is 84.2 Å². The Morgan fingerprint density at radius 3 is 2.35 bits per heavy atom. The quantitative estimate of drug-likeness (QED) is 0.126. The molecule has 46 heavy (non-hydrogen) atoms. The molecule has 5 rings (SSSR count). The number of hydrogen-bond acceptors (Lipinski definition) is 7. The summed E-state index contributed by atoms with van der Waals surface area (Å²) < 4.78 is 11.9. The number of carbonyl (C=O) groups is 1. The van der Waals surface area contributed by atoms with E-state index in [1.54, 1.807) is 12.3 Å². The van der Waals surface area contributed by atoms with E-state index >= 15 is 0 Å². The molecule has 0 bridgehead atoms. The molecule has 0 spiro atoms. The summed E-state index contributed by atoms with van der Waals surface area (Å²) in [5.41, 5.74) is 5.17. The summed E-state index contributed by atoms with van der Waals surface area (Å²) in [6.07, 6.45) is 0. The summed E-state index contributed by atoms with van der Waals surface area (Å²) in [4.78, 5) is 22.1. The second-order valence-electron chi connectivity index (χ2n) is 14.0. The minimum Gasteiger partial charge on any atom is -0.543 e. The molecule has 3 aromatic carbocycles. The maximum Gasteiger partial charge on any atom is 0.357 e. The zero-order chi connectivity index (χ0) is 33.1. The predicted octanol–water partition coefficient (Wildman–Crippen LogP) is 9.06. The molecule has 4 aromatic rings. The van der Waals surface area contributed by atoms with E-state index in [2.05, 4.69) is 141 Å². The molecule has 0 unspecified atom stereocenters. The zero-order valence-electron chi connectivity index (χ0n) is 28.6. The number of nitrogens with zero attached hydrogens (tertiary/aromatic N) is 3. The first-order chi connectivity index (χ1) is 21.9. The number of hydrogen-bond donors (Lipinski definition) is 0. The van der Waals surface area contributed by atoms with Crippen molar-refractivity contribution in [1.29, 1.82) is 0 Å². The Balaban J connectivity index is 1.47. The van der Waals surface area contributed by atoms with Crippen LogP contribution in [0.4, 0.5) is 0 Å². The largest absolute Gasteiger partial charge is 0.543 e. The first-order valence-electron chi connectivity index (χ1n) is 16.4. The third-order valence-corrected chi connectivity index (χ3v) is 14.8. The van der Waals surface area contributed by atoms with Gasteiger partial charge in [0.05, 0.1) is 12.6 Å². The van der Waals surface area contributed by atoms with Gasteiger partial charge in [-0.3, -0.25) is 9.80 Å². The number of carbonyl (C=O) groups excluding carboxylic acids is 1. The SMILES string of the molecule is CCOC(=O)c1csc(-c2ccc([C@H](c3cccc(O[Si](C)(C)C(C)(C)C)c3)N3C[C@@H](C)N(Cc4ccccc4)C[C@@H]3C)cc2)n1. The Bertz CT molecular complexity index is 1600. The van der Waals surface area contributed by atoms with Gasteiger partial charge in [0.15, 0.2) is 5.69 Å². The summed E-state index contributed by atoms with van der Waals surface area (Å²) in [6.45, 7) is 21.2. The fourth-order valence-corrected chi connectivity index (χ4v) is 7.73. The Labute approximate surface area is 280 Å². The molecule has 1 aliphatic heterocycles. The highest BCUT2D eigenvalue weighted by atomic mass is 32.1. The number of piperazine rings is 1. The molecular weight excluding hydrogens is 607 g/mol. The molecule has 0 amide bonds. The van der Waals surface area contributed by atoms with E-state index in [0.717, 1.165) is 36.0 Å². The van der Waals surface area contributed by atoms with Crippen molar-refractivity contribution in [3.63, 3.8) is 0 Å². The first kappa shape index (κ1) is 34.0. The first-order valence-corrected chi connectivity index (χ1v) is 20.2. The van der Waals surface area contributed by atoms with Crippen molar-refractivity contribution in [1.82, 2.24) is 14.8 Å². The van der Waals surface area contributed by atoms with Crippen LogP contribution in [0.25, 0.3) is 10.6 Å². The lowest BCUT2D eigenvalue weighted by Crippen LogP contribution is -2.56. The van der Waals surface area contributed by atoms with Crippen LogP contribution in [0.1, 0.15) is 74.8 Å². The van der Waals surface area contributed by atoms with Crippen LogP contribution >= 0.6 is 11.3 Å². The molecule has 8 heteroatoms. The van der Waals surface area contributed by atoms with Gasteiger partial charge >= 0.3 is 5.97 Å². The number of thiazole rings is 1. The zero-order valence-corrected chi connectivity index (χ0v) is 30.4. The minimum absolute atomic E-state index is 0.0553. The molecule has 0 N–H and O–H groups in total. The molecule has 6 nitrogen and oxygen atoms in total. The lowest BCUT2D eigenvalue weighted by molar-refractivity contribution is 0.0195. The highest BCUT2D eigenvalue weighted by Crippen LogP contribution is 2.40. The van der Waals surface area contributed by atoms with E-state index in [4.69, 9.17) is 9.16 Å². The average molecular weight is 656 g/mol. The highest BCUT2D eigenvalue weighted by molar-refractivity contribution is 7.13. The van der Waals surface area contributed by atoms with Crippen molar-refractivity contribution in [2.75, 3.05) is 19.7 Å². The number of rotatable bonds is 10. The Hall–Kier alpha value is -3.30. The van der Waals surface area contributed by atoms with Crippen LogP contribution < -0.4 is 4.43 Å². The van der Waals surface area contributed by atoms with Gasteiger partial charge in [0.25, 0.3) is 0 Å². The van der Waals surface area contributed by atoms with Crippen molar-refractivity contribution >= 4 is 25.6 Å². The normalized spacial score (nSPS) is 18.7.